The number of non-ortho nitro benzene ring substituents is 1. The van der Waals surface area contributed by atoms with Crippen LogP contribution in [0.5, 0.6) is 0 Å². The van der Waals surface area contributed by atoms with Crippen molar-refractivity contribution < 1.29 is 14.5 Å². The van der Waals surface area contributed by atoms with E-state index < -0.39 is 10.8 Å². The third kappa shape index (κ3) is 5.32. The van der Waals surface area contributed by atoms with Gasteiger partial charge in [0.05, 0.1) is 28.4 Å². The van der Waals surface area contributed by atoms with Gasteiger partial charge in [0.2, 0.25) is 0 Å². The minimum Gasteiger partial charge on any atom is -0.371 e. The first-order valence-electron chi connectivity index (χ1n) is 10.6. The standard InChI is InChI=1S/C24H23N5O4/c30-23(26-16-19-7-1-2-11-25-19)17-6-5-8-18(14-17)27-24(31)21-15-20(29(32)33)9-10-22(21)28-12-3-4-13-28/h1-2,5-11,14-15H,3-4,12-13,16H2,(H,26,30)(H,27,31). The van der Waals surface area contributed by atoms with Crippen LogP contribution in [0.15, 0.2) is 66.9 Å². The minimum atomic E-state index is -0.517. The molecular weight excluding hydrogens is 422 g/mol. The molecule has 0 atom stereocenters. The number of amides is 2. The molecular formula is C24H23N5O4. The molecule has 9 heteroatoms. The van der Waals surface area contributed by atoms with E-state index in [1.54, 1.807) is 42.6 Å². The van der Waals surface area contributed by atoms with Crippen LogP contribution >= 0.6 is 0 Å². The number of nitrogens with one attached hydrogen (secondary N) is 2. The fraction of sp³-hybridized carbons (Fsp3) is 0.208. The van der Waals surface area contributed by atoms with Crippen LogP contribution in [0, 0.1) is 10.1 Å². The molecule has 168 valence electrons. The van der Waals surface area contributed by atoms with Crippen LogP contribution in [0.2, 0.25) is 0 Å². The molecule has 3 aromatic rings. The van der Waals surface area contributed by atoms with E-state index in [-0.39, 0.29) is 23.7 Å². The molecule has 2 amide bonds. The number of rotatable bonds is 7. The van der Waals surface area contributed by atoms with Gasteiger partial charge in [0, 0.05) is 42.7 Å². The summed E-state index contributed by atoms with van der Waals surface area (Å²) in [6.07, 6.45) is 3.67. The maximum Gasteiger partial charge on any atom is 0.270 e. The van der Waals surface area contributed by atoms with E-state index in [9.17, 15) is 19.7 Å². The fourth-order valence-electron chi connectivity index (χ4n) is 3.77. The molecule has 0 saturated carbocycles. The Morgan fingerprint density at radius 1 is 1.00 bits per heavy atom. The summed E-state index contributed by atoms with van der Waals surface area (Å²) in [5.41, 5.74) is 2.28. The van der Waals surface area contributed by atoms with Crippen LogP contribution in [0.1, 0.15) is 39.3 Å². The van der Waals surface area contributed by atoms with Crippen molar-refractivity contribution in [1.82, 2.24) is 10.3 Å². The number of benzene rings is 2. The molecule has 1 saturated heterocycles. The molecule has 0 radical (unpaired) electrons. The molecule has 1 aliphatic rings. The average molecular weight is 445 g/mol. The largest absolute Gasteiger partial charge is 0.371 e. The quantitative estimate of drug-likeness (QED) is 0.422. The second-order valence-corrected chi connectivity index (χ2v) is 7.69. The molecule has 1 fully saturated rings. The van der Waals surface area contributed by atoms with Crippen molar-refractivity contribution >= 4 is 28.9 Å². The monoisotopic (exact) mass is 445 g/mol. The third-order valence-electron chi connectivity index (χ3n) is 5.42. The van der Waals surface area contributed by atoms with Crippen molar-refractivity contribution in [2.45, 2.75) is 19.4 Å². The number of hydrogen-bond acceptors (Lipinski definition) is 6. The molecule has 2 aromatic carbocycles. The number of nitro groups is 1. The zero-order valence-corrected chi connectivity index (χ0v) is 17.9. The lowest BCUT2D eigenvalue weighted by atomic mass is 10.1. The van der Waals surface area contributed by atoms with E-state index in [1.165, 1.54) is 12.1 Å². The number of pyridine rings is 1. The number of carbonyl (C=O) groups excluding carboxylic acids is 2. The smallest absolute Gasteiger partial charge is 0.270 e. The lowest BCUT2D eigenvalue weighted by Crippen LogP contribution is -2.24. The Hall–Kier alpha value is -4.27. The first kappa shape index (κ1) is 21.9. The van der Waals surface area contributed by atoms with Crippen molar-refractivity contribution in [3.8, 4) is 0 Å². The lowest BCUT2D eigenvalue weighted by molar-refractivity contribution is -0.384. The maximum atomic E-state index is 13.1. The SMILES string of the molecule is O=C(NCc1ccccn1)c1cccc(NC(=O)c2cc([N+](=O)[O-])ccc2N2CCCC2)c1. The molecule has 1 aromatic heterocycles. The summed E-state index contributed by atoms with van der Waals surface area (Å²) >= 11 is 0. The van der Waals surface area contributed by atoms with Crippen molar-refractivity contribution in [2.24, 2.45) is 0 Å². The molecule has 33 heavy (non-hydrogen) atoms. The van der Waals surface area contributed by atoms with E-state index in [2.05, 4.69) is 20.5 Å². The predicted molar refractivity (Wildman–Crippen MR) is 124 cm³/mol. The van der Waals surface area contributed by atoms with Crippen molar-refractivity contribution in [3.63, 3.8) is 0 Å². The van der Waals surface area contributed by atoms with Crippen LogP contribution in [0.3, 0.4) is 0 Å². The van der Waals surface area contributed by atoms with Crippen LogP contribution in [0.4, 0.5) is 17.1 Å². The Morgan fingerprint density at radius 2 is 1.82 bits per heavy atom. The van der Waals surface area contributed by atoms with Gasteiger partial charge >= 0.3 is 0 Å². The zero-order valence-electron chi connectivity index (χ0n) is 17.9. The first-order valence-corrected chi connectivity index (χ1v) is 10.6. The highest BCUT2D eigenvalue weighted by atomic mass is 16.6. The lowest BCUT2D eigenvalue weighted by Gasteiger charge is -2.21. The Kier molecular flexibility index (Phi) is 6.58. The highest BCUT2D eigenvalue weighted by Crippen LogP contribution is 2.29. The van der Waals surface area contributed by atoms with E-state index >= 15 is 0 Å². The Morgan fingerprint density at radius 3 is 2.55 bits per heavy atom. The van der Waals surface area contributed by atoms with Gasteiger partial charge in [-0.1, -0.05) is 12.1 Å². The summed E-state index contributed by atoms with van der Waals surface area (Å²) in [5.74, 6) is -0.767. The first-order chi connectivity index (χ1) is 16.0. The topological polar surface area (TPSA) is 117 Å². The number of nitro benzene ring substituents is 1. The van der Waals surface area contributed by atoms with Gasteiger partial charge in [0.15, 0.2) is 0 Å². The summed E-state index contributed by atoms with van der Waals surface area (Å²) in [6, 6.07) is 16.3. The van der Waals surface area contributed by atoms with Gasteiger partial charge in [-0.25, -0.2) is 0 Å². The summed E-state index contributed by atoms with van der Waals surface area (Å²) < 4.78 is 0. The van der Waals surface area contributed by atoms with Crippen LogP contribution in [0.25, 0.3) is 0 Å². The van der Waals surface area contributed by atoms with Gasteiger partial charge in [-0.05, 0) is 49.2 Å². The molecule has 9 nitrogen and oxygen atoms in total. The van der Waals surface area contributed by atoms with Crippen LogP contribution < -0.4 is 15.5 Å². The van der Waals surface area contributed by atoms with Gasteiger partial charge in [-0.2, -0.15) is 0 Å². The molecule has 2 heterocycles. The van der Waals surface area contributed by atoms with E-state index in [1.807, 2.05) is 12.1 Å². The molecule has 0 spiro atoms. The molecule has 1 aliphatic heterocycles. The van der Waals surface area contributed by atoms with Crippen molar-refractivity contribution in [3.05, 3.63) is 93.8 Å². The van der Waals surface area contributed by atoms with Crippen molar-refractivity contribution in [2.75, 3.05) is 23.3 Å². The predicted octanol–water partition coefficient (Wildman–Crippen LogP) is 3.77. The van der Waals surface area contributed by atoms with Crippen molar-refractivity contribution in [1.29, 1.82) is 0 Å². The molecule has 2 N–H and O–H groups in total. The van der Waals surface area contributed by atoms with Gasteiger partial charge in [0.1, 0.15) is 0 Å². The number of carbonyl (C=O) groups is 2. The number of anilines is 2. The van der Waals surface area contributed by atoms with Gasteiger partial charge in [0.25, 0.3) is 17.5 Å². The second-order valence-electron chi connectivity index (χ2n) is 7.69. The highest BCUT2D eigenvalue weighted by Gasteiger charge is 2.23. The number of hydrogen-bond donors (Lipinski definition) is 2. The molecule has 0 unspecified atom stereocenters. The number of nitrogens with zero attached hydrogens (tertiary/aromatic N) is 3. The summed E-state index contributed by atoms with van der Waals surface area (Å²) in [5, 5.41) is 16.8. The number of aromatic nitrogens is 1. The van der Waals surface area contributed by atoms with E-state index in [0.717, 1.165) is 31.6 Å². The molecule has 4 rings (SSSR count). The van der Waals surface area contributed by atoms with Gasteiger partial charge in [-0.15, -0.1) is 0 Å². The highest BCUT2D eigenvalue weighted by molar-refractivity contribution is 6.09. The Balaban J connectivity index is 1.51. The normalized spacial score (nSPS) is 12.9. The molecule has 0 bridgehead atoms. The summed E-state index contributed by atoms with van der Waals surface area (Å²) in [4.78, 5) is 42.6. The van der Waals surface area contributed by atoms with Crippen LogP contribution in [-0.2, 0) is 6.54 Å². The fourth-order valence-corrected chi connectivity index (χ4v) is 3.77. The molecule has 0 aliphatic carbocycles. The Labute approximate surface area is 190 Å². The van der Waals surface area contributed by atoms with Crippen LogP contribution in [-0.4, -0.2) is 34.8 Å². The zero-order chi connectivity index (χ0) is 23.2. The van der Waals surface area contributed by atoms with E-state index in [4.69, 9.17) is 0 Å². The summed E-state index contributed by atoms with van der Waals surface area (Å²) in [7, 11) is 0. The average Bonchev–Trinajstić information content (AvgIpc) is 3.38. The summed E-state index contributed by atoms with van der Waals surface area (Å²) in [6.45, 7) is 1.87. The van der Waals surface area contributed by atoms with E-state index in [0.29, 0.717) is 16.9 Å². The minimum absolute atomic E-state index is 0.147. The van der Waals surface area contributed by atoms with Gasteiger partial charge < -0.3 is 15.5 Å². The third-order valence-corrected chi connectivity index (χ3v) is 5.42. The van der Waals surface area contributed by atoms with Gasteiger partial charge in [-0.3, -0.25) is 24.7 Å². The maximum absolute atomic E-state index is 13.1. The Bertz CT molecular complexity index is 1180. The second kappa shape index (κ2) is 9.90.